The van der Waals surface area contributed by atoms with Crippen LogP contribution in [0, 0.1) is 6.92 Å². The van der Waals surface area contributed by atoms with Crippen LogP contribution in [0.4, 0.5) is 5.69 Å². The maximum Gasteiger partial charge on any atom is 0.253 e. The Bertz CT molecular complexity index is 1120. The zero-order valence-electron chi connectivity index (χ0n) is 17.2. The number of carbonyl (C=O) groups is 2. The number of anilines is 1. The first-order valence-corrected chi connectivity index (χ1v) is 10.7. The van der Waals surface area contributed by atoms with Gasteiger partial charge in [0.05, 0.1) is 11.0 Å². The van der Waals surface area contributed by atoms with Crippen molar-refractivity contribution < 1.29 is 9.59 Å². The molecule has 0 radical (unpaired) electrons. The van der Waals surface area contributed by atoms with E-state index in [4.69, 9.17) is 4.98 Å². The van der Waals surface area contributed by atoms with Crippen LogP contribution in [0.2, 0.25) is 0 Å². The lowest BCUT2D eigenvalue weighted by Gasteiger charge is -2.17. The van der Waals surface area contributed by atoms with Gasteiger partial charge >= 0.3 is 0 Å². The third-order valence-corrected chi connectivity index (χ3v) is 6.08. The first-order chi connectivity index (χ1) is 14.6. The highest BCUT2D eigenvalue weighted by Gasteiger charge is 2.30. The van der Waals surface area contributed by atoms with Crippen LogP contribution in [0.3, 0.4) is 0 Å². The molecule has 2 fully saturated rings. The Kier molecular flexibility index (Phi) is 4.77. The Balaban J connectivity index is 1.37. The number of aryl methyl sites for hydroxylation is 1. The molecule has 1 saturated heterocycles. The number of fused-ring (bicyclic) bond motifs is 1. The minimum absolute atomic E-state index is 0.0413. The Morgan fingerprint density at radius 1 is 1.10 bits per heavy atom. The quantitative estimate of drug-likeness (QED) is 0.699. The summed E-state index contributed by atoms with van der Waals surface area (Å²) in [6.45, 7) is 3.79. The number of aromatic nitrogens is 2. The minimum Gasteiger partial charge on any atom is -0.339 e. The van der Waals surface area contributed by atoms with Crippen LogP contribution in [0.1, 0.15) is 53.3 Å². The van der Waals surface area contributed by atoms with Gasteiger partial charge in [0.25, 0.3) is 5.91 Å². The van der Waals surface area contributed by atoms with Gasteiger partial charge in [0.15, 0.2) is 0 Å². The van der Waals surface area contributed by atoms with Gasteiger partial charge in [-0.1, -0.05) is 18.2 Å². The molecule has 2 heterocycles. The molecule has 5 rings (SSSR count). The molecule has 1 aromatic heterocycles. The van der Waals surface area contributed by atoms with Gasteiger partial charge in [0.2, 0.25) is 5.91 Å². The monoisotopic (exact) mass is 402 g/mol. The second-order valence-corrected chi connectivity index (χ2v) is 8.40. The van der Waals surface area contributed by atoms with Crippen molar-refractivity contribution in [2.45, 2.75) is 45.1 Å². The average Bonchev–Trinajstić information content (AvgIpc) is 3.31. The third kappa shape index (κ3) is 3.58. The van der Waals surface area contributed by atoms with Crippen LogP contribution in [0.5, 0.6) is 0 Å². The molecule has 1 aliphatic heterocycles. The molecule has 1 aliphatic carbocycles. The average molecular weight is 402 g/mol. The number of hydrogen-bond acceptors (Lipinski definition) is 3. The summed E-state index contributed by atoms with van der Waals surface area (Å²) in [6.07, 6.45) is 4.38. The number of amides is 2. The summed E-state index contributed by atoms with van der Waals surface area (Å²) in [6, 6.07) is 13.5. The van der Waals surface area contributed by atoms with Gasteiger partial charge in [0.1, 0.15) is 12.4 Å². The van der Waals surface area contributed by atoms with Crippen molar-refractivity contribution in [3.05, 3.63) is 59.4 Å². The molecular weight excluding hydrogens is 376 g/mol. The van der Waals surface area contributed by atoms with Gasteiger partial charge in [-0.05, 0) is 62.4 Å². The molecule has 2 amide bonds. The fourth-order valence-corrected chi connectivity index (χ4v) is 4.24. The predicted molar refractivity (Wildman–Crippen MR) is 117 cm³/mol. The van der Waals surface area contributed by atoms with Gasteiger partial charge in [-0.15, -0.1) is 0 Å². The van der Waals surface area contributed by atoms with Crippen molar-refractivity contribution in [1.29, 1.82) is 0 Å². The molecule has 0 bridgehead atoms. The summed E-state index contributed by atoms with van der Waals surface area (Å²) in [7, 11) is 0. The number of imidazole rings is 1. The molecule has 2 aromatic carbocycles. The number of carbonyl (C=O) groups excluding carboxylic acids is 2. The van der Waals surface area contributed by atoms with Crippen molar-refractivity contribution in [2.24, 2.45) is 0 Å². The summed E-state index contributed by atoms with van der Waals surface area (Å²) in [4.78, 5) is 32.3. The van der Waals surface area contributed by atoms with Gasteiger partial charge in [-0.2, -0.15) is 0 Å². The summed E-state index contributed by atoms with van der Waals surface area (Å²) >= 11 is 0. The SMILES string of the molecule is Cc1ccc(C(=O)N2CCCC2)cc1NC(=O)Cn1c(C2CC2)nc2ccccc21. The summed E-state index contributed by atoms with van der Waals surface area (Å²) in [5.74, 6) is 1.39. The number of hydrogen-bond donors (Lipinski definition) is 1. The first kappa shape index (κ1) is 18.9. The third-order valence-electron chi connectivity index (χ3n) is 6.08. The lowest BCUT2D eigenvalue weighted by molar-refractivity contribution is -0.116. The Morgan fingerprint density at radius 3 is 2.63 bits per heavy atom. The topological polar surface area (TPSA) is 67.2 Å². The lowest BCUT2D eigenvalue weighted by Crippen LogP contribution is -2.28. The van der Waals surface area contributed by atoms with Crippen LogP contribution in [0.15, 0.2) is 42.5 Å². The van der Waals surface area contributed by atoms with Gasteiger partial charge < -0.3 is 14.8 Å². The molecule has 2 aliphatic rings. The molecule has 0 unspecified atom stereocenters. The van der Waals surface area contributed by atoms with Crippen LogP contribution < -0.4 is 5.32 Å². The maximum absolute atomic E-state index is 13.0. The molecular formula is C24H26N4O2. The van der Waals surface area contributed by atoms with Gasteiger partial charge in [-0.3, -0.25) is 9.59 Å². The van der Waals surface area contributed by atoms with E-state index in [9.17, 15) is 9.59 Å². The molecule has 3 aromatic rings. The second kappa shape index (κ2) is 7.59. The fourth-order valence-electron chi connectivity index (χ4n) is 4.24. The smallest absolute Gasteiger partial charge is 0.253 e. The molecule has 0 atom stereocenters. The number of nitrogens with one attached hydrogen (secondary N) is 1. The van der Waals surface area contributed by atoms with E-state index in [2.05, 4.69) is 5.32 Å². The molecule has 1 saturated carbocycles. The number of benzene rings is 2. The maximum atomic E-state index is 13.0. The fraction of sp³-hybridized carbons (Fsp3) is 0.375. The van der Waals surface area contributed by atoms with Gasteiger partial charge in [-0.25, -0.2) is 4.98 Å². The van der Waals surface area contributed by atoms with E-state index < -0.39 is 0 Å². The van der Waals surface area contributed by atoms with Crippen molar-refractivity contribution >= 4 is 28.5 Å². The molecule has 30 heavy (non-hydrogen) atoms. The zero-order valence-corrected chi connectivity index (χ0v) is 17.2. The summed E-state index contributed by atoms with van der Waals surface area (Å²) in [5.41, 5.74) is 4.19. The van der Waals surface area contributed by atoms with Crippen LogP contribution in [-0.2, 0) is 11.3 Å². The van der Waals surface area contributed by atoms with E-state index in [1.54, 1.807) is 0 Å². The van der Waals surface area contributed by atoms with E-state index in [0.717, 1.165) is 61.2 Å². The Hall–Kier alpha value is -3.15. The summed E-state index contributed by atoms with van der Waals surface area (Å²) in [5, 5.41) is 3.03. The van der Waals surface area contributed by atoms with E-state index in [1.165, 1.54) is 0 Å². The van der Waals surface area contributed by atoms with Crippen LogP contribution in [0.25, 0.3) is 11.0 Å². The highest BCUT2D eigenvalue weighted by Crippen LogP contribution is 2.40. The van der Waals surface area contributed by atoms with E-state index >= 15 is 0 Å². The largest absolute Gasteiger partial charge is 0.339 e. The van der Waals surface area contributed by atoms with Crippen molar-refractivity contribution in [3.8, 4) is 0 Å². The number of rotatable bonds is 5. The van der Waals surface area contributed by atoms with Crippen molar-refractivity contribution in [1.82, 2.24) is 14.5 Å². The Labute approximate surface area is 175 Å². The summed E-state index contributed by atoms with van der Waals surface area (Å²) < 4.78 is 2.04. The number of para-hydroxylation sites is 2. The molecule has 6 heteroatoms. The standard InChI is InChI=1S/C24H26N4O2/c1-16-8-9-18(24(30)27-12-4-5-13-27)14-20(16)25-22(29)15-28-21-7-3-2-6-19(21)26-23(28)17-10-11-17/h2-3,6-9,14,17H,4-5,10-13,15H2,1H3,(H,25,29). The molecule has 0 spiro atoms. The lowest BCUT2D eigenvalue weighted by atomic mass is 10.1. The molecule has 1 N–H and O–H groups in total. The van der Waals surface area contributed by atoms with Crippen molar-refractivity contribution in [2.75, 3.05) is 18.4 Å². The van der Waals surface area contributed by atoms with Gasteiger partial charge in [0, 0.05) is 30.3 Å². The number of likely N-dealkylation sites (tertiary alicyclic amines) is 1. The van der Waals surface area contributed by atoms with Crippen molar-refractivity contribution in [3.63, 3.8) is 0 Å². The van der Waals surface area contributed by atoms with Crippen LogP contribution >= 0.6 is 0 Å². The molecule has 6 nitrogen and oxygen atoms in total. The highest BCUT2D eigenvalue weighted by atomic mass is 16.2. The Morgan fingerprint density at radius 2 is 1.87 bits per heavy atom. The highest BCUT2D eigenvalue weighted by molar-refractivity contribution is 5.98. The second-order valence-electron chi connectivity index (χ2n) is 8.40. The number of nitrogens with zero attached hydrogens (tertiary/aromatic N) is 3. The van der Waals surface area contributed by atoms with Crippen LogP contribution in [-0.4, -0.2) is 39.4 Å². The van der Waals surface area contributed by atoms with E-state index in [0.29, 0.717) is 17.2 Å². The van der Waals surface area contributed by atoms with E-state index in [-0.39, 0.29) is 18.4 Å². The normalized spacial score (nSPS) is 16.2. The van der Waals surface area contributed by atoms with E-state index in [1.807, 2.05) is 58.9 Å². The molecule has 154 valence electrons. The predicted octanol–water partition coefficient (Wildman–Crippen LogP) is 4.10. The zero-order chi connectivity index (χ0) is 20.7. The minimum atomic E-state index is -0.103. The first-order valence-electron chi connectivity index (χ1n) is 10.7.